The highest BCUT2D eigenvalue weighted by Crippen LogP contribution is 2.15. The van der Waals surface area contributed by atoms with Gasteiger partial charge in [0.25, 0.3) is 0 Å². The van der Waals surface area contributed by atoms with Crippen molar-refractivity contribution in [1.29, 1.82) is 0 Å². The number of hydrogen-bond acceptors (Lipinski definition) is 4. The van der Waals surface area contributed by atoms with Crippen LogP contribution in [-0.4, -0.2) is 30.4 Å². The van der Waals surface area contributed by atoms with Crippen molar-refractivity contribution < 1.29 is 14.6 Å². The minimum Gasteiger partial charge on any atom is -0.476 e. The van der Waals surface area contributed by atoms with Gasteiger partial charge in [-0.25, -0.2) is 4.99 Å². The van der Waals surface area contributed by atoms with Crippen LogP contribution in [0.4, 0.5) is 0 Å². The summed E-state index contributed by atoms with van der Waals surface area (Å²) >= 11 is 0. The Hall–Kier alpha value is -1.55. The molecule has 1 N–H and O–H groups in total. The van der Waals surface area contributed by atoms with Crippen molar-refractivity contribution in [2.75, 3.05) is 13.2 Å². The fourth-order valence-electron chi connectivity index (χ4n) is 1.38. The summed E-state index contributed by atoms with van der Waals surface area (Å²) < 4.78 is 10.4. The molecule has 4 nitrogen and oxygen atoms in total. The number of ether oxygens (including phenoxy) is 2. The van der Waals surface area contributed by atoms with Crippen molar-refractivity contribution in [3.05, 3.63) is 29.8 Å². The third kappa shape index (κ3) is 2.47. The van der Waals surface area contributed by atoms with Crippen LogP contribution < -0.4 is 4.74 Å². The Morgan fingerprint density at radius 1 is 1.40 bits per heavy atom. The van der Waals surface area contributed by atoms with E-state index in [1.807, 2.05) is 12.1 Å². The fraction of sp³-hybridized carbons (Fsp3) is 0.364. The summed E-state index contributed by atoms with van der Waals surface area (Å²) in [4.78, 5) is 4.20. The summed E-state index contributed by atoms with van der Waals surface area (Å²) in [5, 5.41) is 9.02. The monoisotopic (exact) mass is 207 g/mol. The Balaban J connectivity index is 2.10. The van der Waals surface area contributed by atoms with Crippen molar-refractivity contribution >= 4 is 5.90 Å². The van der Waals surface area contributed by atoms with Crippen molar-refractivity contribution in [3.8, 4) is 5.75 Å². The zero-order chi connectivity index (χ0) is 10.7. The maximum Gasteiger partial charge on any atom is 0.216 e. The summed E-state index contributed by atoms with van der Waals surface area (Å²) in [6.07, 6.45) is -0.795. The standard InChI is InChI=1S/C11H13NO3/c1-8(13)15-10-4-2-9(3-5-10)11-12-6-7-14-11/h2-5,8,13H,6-7H2,1H3. The number of rotatable bonds is 3. The van der Waals surface area contributed by atoms with Crippen LogP contribution in [0.3, 0.4) is 0 Å². The Bertz CT molecular complexity index is 357. The molecule has 1 aromatic carbocycles. The molecule has 1 aliphatic rings. The van der Waals surface area contributed by atoms with Gasteiger partial charge in [-0.2, -0.15) is 0 Å². The summed E-state index contributed by atoms with van der Waals surface area (Å²) in [6, 6.07) is 7.29. The predicted octanol–water partition coefficient (Wildman–Crippen LogP) is 1.18. The average Bonchev–Trinajstić information content (AvgIpc) is 2.71. The van der Waals surface area contributed by atoms with Gasteiger partial charge in [-0.3, -0.25) is 0 Å². The van der Waals surface area contributed by atoms with Crippen molar-refractivity contribution in [2.24, 2.45) is 4.99 Å². The highest BCUT2D eigenvalue weighted by molar-refractivity contribution is 5.94. The van der Waals surface area contributed by atoms with E-state index in [9.17, 15) is 0 Å². The molecule has 0 fully saturated rings. The lowest BCUT2D eigenvalue weighted by Crippen LogP contribution is -2.09. The summed E-state index contributed by atoms with van der Waals surface area (Å²) in [5.41, 5.74) is 0.936. The van der Waals surface area contributed by atoms with Crippen LogP contribution in [0.1, 0.15) is 12.5 Å². The number of aliphatic hydroxyl groups is 1. The van der Waals surface area contributed by atoms with Gasteiger partial charge < -0.3 is 14.6 Å². The molecular weight excluding hydrogens is 194 g/mol. The van der Waals surface area contributed by atoms with Crippen LogP contribution in [0.5, 0.6) is 5.75 Å². The molecule has 0 radical (unpaired) electrons. The molecule has 0 saturated carbocycles. The molecule has 1 unspecified atom stereocenters. The number of nitrogens with zero attached hydrogens (tertiary/aromatic N) is 1. The lowest BCUT2D eigenvalue weighted by molar-refractivity contribution is -0.000291. The van der Waals surface area contributed by atoms with Crippen molar-refractivity contribution in [2.45, 2.75) is 13.2 Å². The highest BCUT2D eigenvalue weighted by Gasteiger charge is 2.09. The molecule has 1 atom stereocenters. The Labute approximate surface area is 88.2 Å². The minimum absolute atomic E-state index is 0.632. The molecular formula is C11H13NO3. The average molecular weight is 207 g/mol. The first-order valence-corrected chi connectivity index (χ1v) is 4.88. The van der Waals surface area contributed by atoms with Gasteiger partial charge in [-0.05, 0) is 31.2 Å². The first-order chi connectivity index (χ1) is 7.25. The van der Waals surface area contributed by atoms with Gasteiger partial charge in [0.1, 0.15) is 12.4 Å². The Morgan fingerprint density at radius 3 is 2.67 bits per heavy atom. The zero-order valence-corrected chi connectivity index (χ0v) is 8.51. The van der Waals surface area contributed by atoms with Crippen LogP contribution in [-0.2, 0) is 4.74 Å². The van der Waals surface area contributed by atoms with Gasteiger partial charge in [0, 0.05) is 5.56 Å². The molecule has 1 heterocycles. The first kappa shape index (κ1) is 9.98. The molecule has 1 aromatic rings. The van der Waals surface area contributed by atoms with Crippen LogP contribution in [0.25, 0.3) is 0 Å². The lowest BCUT2D eigenvalue weighted by atomic mass is 10.2. The molecule has 0 bridgehead atoms. The minimum atomic E-state index is -0.795. The largest absolute Gasteiger partial charge is 0.476 e. The van der Waals surface area contributed by atoms with E-state index in [1.54, 1.807) is 19.1 Å². The van der Waals surface area contributed by atoms with E-state index >= 15 is 0 Å². The van der Waals surface area contributed by atoms with E-state index in [4.69, 9.17) is 14.6 Å². The molecule has 80 valence electrons. The Kier molecular flexibility index (Phi) is 2.87. The van der Waals surface area contributed by atoms with Crippen LogP contribution in [0.15, 0.2) is 29.3 Å². The quantitative estimate of drug-likeness (QED) is 0.757. The third-order valence-electron chi connectivity index (χ3n) is 1.99. The number of benzene rings is 1. The molecule has 0 spiro atoms. The molecule has 0 saturated heterocycles. The van der Waals surface area contributed by atoms with E-state index in [1.165, 1.54) is 0 Å². The van der Waals surface area contributed by atoms with E-state index in [0.717, 1.165) is 12.1 Å². The number of hydrogen-bond donors (Lipinski definition) is 1. The van der Waals surface area contributed by atoms with Gasteiger partial charge >= 0.3 is 0 Å². The van der Waals surface area contributed by atoms with Gasteiger partial charge in [-0.1, -0.05) is 0 Å². The van der Waals surface area contributed by atoms with E-state index < -0.39 is 6.29 Å². The molecule has 0 aliphatic carbocycles. The first-order valence-electron chi connectivity index (χ1n) is 4.88. The fourth-order valence-corrected chi connectivity index (χ4v) is 1.38. The SMILES string of the molecule is CC(O)Oc1ccc(C2=NCCO2)cc1. The normalized spacial score (nSPS) is 16.8. The van der Waals surface area contributed by atoms with Crippen molar-refractivity contribution in [1.82, 2.24) is 0 Å². The maximum atomic E-state index is 9.02. The molecule has 4 heteroatoms. The van der Waals surface area contributed by atoms with E-state index in [-0.39, 0.29) is 0 Å². The molecule has 1 aliphatic heterocycles. The third-order valence-corrected chi connectivity index (χ3v) is 1.99. The summed E-state index contributed by atoms with van der Waals surface area (Å²) in [7, 11) is 0. The number of aliphatic hydroxyl groups excluding tert-OH is 1. The second kappa shape index (κ2) is 4.31. The van der Waals surface area contributed by atoms with Crippen molar-refractivity contribution in [3.63, 3.8) is 0 Å². The molecule has 2 rings (SSSR count). The van der Waals surface area contributed by atoms with E-state index in [2.05, 4.69) is 4.99 Å². The number of aliphatic imine (C=N–C) groups is 1. The van der Waals surface area contributed by atoms with Gasteiger partial charge in [-0.15, -0.1) is 0 Å². The smallest absolute Gasteiger partial charge is 0.216 e. The topological polar surface area (TPSA) is 51.0 Å². The summed E-state index contributed by atoms with van der Waals surface area (Å²) in [5.74, 6) is 1.31. The van der Waals surface area contributed by atoms with Crippen LogP contribution in [0.2, 0.25) is 0 Å². The zero-order valence-electron chi connectivity index (χ0n) is 8.51. The van der Waals surface area contributed by atoms with Crippen LogP contribution >= 0.6 is 0 Å². The van der Waals surface area contributed by atoms with Crippen LogP contribution in [0, 0.1) is 0 Å². The Morgan fingerprint density at radius 2 is 2.13 bits per heavy atom. The predicted molar refractivity (Wildman–Crippen MR) is 56.1 cm³/mol. The lowest BCUT2D eigenvalue weighted by Gasteiger charge is -2.08. The van der Waals surface area contributed by atoms with Gasteiger partial charge in [0.05, 0.1) is 6.54 Å². The van der Waals surface area contributed by atoms with E-state index in [0.29, 0.717) is 18.3 Å². The molecule has 0 amide bonds. The second-order valence-corrected chi connectivity index (χ2v) is 3.28. The molecule has 0 aromatic heterocycles. The van der Waals surface area contributed by atoms with Gasteiger partial charge in [0.15, 0.2) is 6.29 Å². The second-order valence-electron chi connectivity index (χ2n) is 3.28. The maximum absolute atomic E-state index is 9.02. The molecule has 15 heavy (non-hydrogen) atoms. The summed E-state index contributed by atoms with van der Waals surface area (Å²) in [6.45, 7) is 2.95. The van der Waals surface area contributed by atoms with Gasteiger partial charge in [0.2, 0.25) is 5.90 Å². The highest BCUT2D eigenvalue weighted by atomic mass is 16.6.